The molecule has 0 saturated carbocycles. The molecular formula is C52H69N9O6S. The standard InChI is InChI=1S/C26H35N5O2S.C26H34N4O4/c1-3-14-32-23-16-21(29-26(34)27-8-9-31-12-10-30(2)11-13-31)17-24(18-23)33-19-22-15-20-6-4-5-7-25(20)28-22;1-3-13-32-23-16-21(28-26(31)33-14-12-30-10-8-29(2)9-11-30)17-24(18-23)34-19-22-15-20-6-4-5-7-25(20)27-22/h4-7,15-18,28H,3,8-14,19H2,1-2H3,(H2,27,29,34);4-7,15-18,27H,3,8-14,19H2,1-2H3,(H,28,31). The highest BCUT2D eigenvalue weighted by Crippen LogP contribution is 2.29. The van der Waals surface area contributed by atoms with Crippen LogP contribution in [0, 0.1) is 0 Å². The second kappa shape index (κ2) is 25.9. The first-order chi connectivity index (χ1) is 33.2. The second-order valence-electron chi connectivity index (χ2n) is 17.4. The van der Waals surface area contributed by atoms with Crippen LogP contribution in [0.25, 0.3) is 21.8 Å². The van der Waals surface area contributed by atoms with Crippen LogP contribution < -0.4 is 34.9 Å². The summed E-state index contributed by atoms with van der Waals surface area (Å²) >= 11 is 5.54. The Bertz CT molecular complexity index is 2260. The number of hydrogen-bond acceptors (Lipinski definition) is 11. The molecule has 2 fully saturated rings. The normalized spacial score (nSPS) is 14.8. The van der Waals surface area contributed by atoms with E-state index in [4.69, 9.17) is 35.9 Å². The van der Waals surface area contributed by atoms with Gasteiger partial charge in [-0.05, 0) is 74.2 Å². The van der Waals surface area contributed by atoms with Crippen molar-refractivity contribution in [3.63, 3.8) is 0 Å². The number of aromatic amines is 2. The topological polar surface area (TPSA) is 144 Å². The van der Waals surface area contributed by atoms with Crippen molar-refractivity contribution in [3.8, 4) is 23.0 Å². The number of aromatic nitrogens is 2. The molecule has 4 heterocycles. The van der Waals surface area contributed by atoms with Gasteiger partial charge in [0.05, 0.1) is 30.3 Å². The van der Waals surface area contributed by atoms with Gasteiger partial charge in [0.2, 0.25) is 0 Å². The lowest BCUT2D eigenvalue weighted by Crippen LogP contribution is -2.47. The smallest absolute Gasteiger partial charge is 0.411 e. The molecule has 0 unspecified atom stereocenters. The first-order valence-electron chi connectivity index (χ1n) is 23.9. The third-order valence-corrected chi connectivity index (χ3v) is 12.0. The van der Waals surface area contributed by atoms with Gasteiger partial charge in [0.25, 0.3) is 0 Å². The summed E-state index contributed by atoms with van der Waals surface area (Å²) in [6, 6.07) is 31.8. The quantitative estimate of drug-likeness (QED) is 0.0468. The number of ether oxygens (including phenoxy) is 5. The van der Waals surface area contributed by atoms with Crippen molar-refractivity contribution >= 4 is 56.6 Å². The number of anilines is 2. The van der Waals surface area contributed by atoms with E-state index < -0.39 is 6.09 Å². The average Bonchev–Trinajstić information content (AvgIpc) is 3.97. The number of benzene rings is 4. The molecule has 2 aliphatic heterocycles. The van der Waals surface area contributed by atoms with Gasteiger partial charge in [0, 0.05) is 125 Å². The highest BCUT2D eigenvalue weighted by Gasteiger charge is 2.16. The van der Waals surface area contributed by atoms with Crippen LogP contribution in [0.4, 0.5) is 16.2 Å². The Kier molecular flexibility index (Phi) is 19.0. The van der Waals surface area contributed by atoms with Crippen LogP contribution in [0.5, 0.6) is 23.0 Å². The van der Waals surface area contributed by atoms with E-state index in [0.29, 0.717) is 55.3 Å². The highest BCUT2D eigenvalue weighted by molar-refractivity contribution is 7.80. The molecule has 1 amide bonds. The van der Waals surface area contributed by atoms with Crippen molar-refractivity contribution in [2.45, 2.75) is 39.9 Å². The Balaban J connectivity index is 0.000000201. The van der Waals surface area contributed by atoms with Crippen LogP contribution in [-0.2, 0) is 18.0 Å². The SMILES string of the molecule is CCCOc1cc(NC(=O)OCCN2CCN(C)CC2)cc(OCc2cc3ccccc3[nH]2)c1.CCCOc1cc(NC(=S)NCCN2CCN(C)CC2)cc(OCc2cc3ccccc3[nH]2)c1. The molecule has 0 radical (unpaired) electrons. The van der Waals surface area contributed by atoms with E-state index in [-0.39, 0.29) is 0 Å². The lowest BCUT2D eigenvalue weighted by molar-refractivity contribution is 0.111. The number of hydrogen-bond donors (Lipinski definition) is 5. The maximum Gasteiger partial charge on any atom is 0.411 e. The number of nitrogens with zero attached hydrogens (tertiary/aromatic N) is 4. The zero-order chi connectivity index (χ0) is 47.5. The molecule has 2 aromatic heterocycles. The lowest BCUT2D eigenvalue weighted by Gasteiger charge is -2.32. The molecule has 68 heavy (non-hydrogen) atoms. The Morgan fingerprint density at radius 3 is 1.51 bits per heavy atom. The number of H-pyrrole nitrogens is 2. The Morgan fingerprint density at radius 2 is 1.03 bits per heavy atom. The van der Waals surface area contributed by atoms with E-state index in [1.807, 2.05) is 61.5 Å². The van der Waals surface area contributed by atoms with Gasteiger partial charge in [-0.2, -0.15) is 0 Å². The van der Waals surface area contributed by atoms with Crippen molar-refractivity contribution in [1.82, 2.24) is 34.9 Å². The van der Waals surface area contributed by atoms with Gasteiger partial charge in [-0.3, -0.25) is 15.1 Å². The van der Waals surface area contributed by atoms with E-state index >= 15 is 0 Å². The molecule has 364 valence electrons. The number of rotatable bonds is 20. The monoisotopic (exact) mass is 948 g/mol. The number of fused-ring (bicyclic) bond motifs is 2. The van der Waals surface area contributed by atoms with Crippen molar-refractivity contribution in [3.05, 3.63) is 108 Å². The van der Waals surface area contributed by atoms with Gasteiger partial charge in [-0.15, -0.1) is 0 Å². The summed E-state index contributed by atoms with van der Waals surface area (Å²) in [6.07, 6.45) is 1.34. The molecule has 0 atom stereocenters. The van der Waals surface area contributed by atoms with Crippen LogP contribution in [0.15, 0.2) is 97.1 Å². The van der Waals surface area contributed by atoms with E-state index in [9.17, 15) is 4.79 Å². The number of carbonyl (C=O) groups excluding carboxylic acids is 1. The molecule has 0 aliphatic carbocycles. The zero-order valence-electron chi connectivity index (χ0n) is 40.1. The highest BCUT2D eigenvalue weighted by atomic mass is 32.1. The van der Waals surface area contributed by atoms with Crippen molar-refractivity contribution < 1.29 is 28.5 Å². The number of amides is 1. The van der Waals surface area contributed by atoms with E-state index in [0.717, 1.165) is 130 Å². The van der Waals surface area contributed by atoms with Crippen molar-refractivity contribution in [2.75, 3.05) is 117 Å². The number of para-hydroxylation sites is 2. The molecule has 4 aromatic carbocycles. The number of nitrogens with one attached hydrogen (secondary N) is 5. The molecule has 2 aliphatic rings. The summed E-state index contributed by atoms with van der Waals surface area (Å²) in [5.74, 6) is 2.75. The molecule has 0 bridgehead atoms. The maximum absolute atomic E-state index is 12.4. The van der Waals surface area contributed by atoms with Gasteiger partial charge in [-0.25, -0.2) is 4.79 Å². The fourth-order valence-electron chi connectivity index (χ4n) is 7.87. The average molecular weight is 948 g/mol. The summed E-state index contributed by atoms with van der Waals surface area (Å²) < 4.78 is 29.2. The summed E-state index contributed by atoms with van der Waals surface area (Å²) in [5, 5.41) is 12.3. The van der Waals surface area contributed by atoms with E-state index in [1.54, 1.807) is 12.1 Å². The Hall–Kier alpha value is -6.04. The third kappa shape index (κ3) is 16.0. The van der Waals surface area contributed by atoms with Crippen LogP contribution in [0.2, 0.25) is 0 Å². The first-order valence-corrected chi connectivity index (χ1v) is 24.3. The molecule has 0 spiro atoms. The minimum atomic E-state index is -0.483. The molecule has 8 rings (SSSR count). The van der Waals surface area contributed by atoms with E-state index in [2.05, 4.69) is 96.9 Å². The molecule has 6 aromatic rings. The maximum atomic E-state index is 12.4. The van der Waals surface area contributed by atoms with Gasteiger partial charge < -0.3 is 54.1 Å². The van der Waals surface area contributed by atoms with Gasteiger partial charge in [0.15, 0.2) is 5.11 Å². The van der Waals surface area contributed by atoms with E-state index in [1.165, 1.54) is 5.39 Å². The summed E-state index contributed by atoms with van der Waals surface area (Å²) in [5.41, 5.74) is 5.59. The largest absolute Gasteiger partial charge is 0.493 e. The Labute approximate surface area is 406 Å². The predicted octanol–water partition coefficient (Wildman–Crippen LogP) is 8.40. The fourth-order valence-corrected chi connectivity index (χ4v) is 8.09. The van der Waals surface area contributed by atoms with Gasteiger partial charge in [0.1, 0.15) is 42.8 Å². The third-order valence-electron chi connectivity index (χ3n) is 11.7. The van der Waals surface area contributed by atoms with Crippen molar-refractivity contribution in [1.29, 1.82) is 0 Å². The molecular weight excluding hydrogens is 879 g/mol. The zero-order valence-corrected chi connectivity index (χ0v) is 40.9. The minimum Gasteiger partial charge on any atom is -0.493 e. The fraction of sp³-hybridized carbons (Fsp3) is 0.423. The molecule has 5 N–H and O–H groups in total. The molecule has 2 saturated heterocycles. The first kappa shape index (κ1) is 49.9. The second-order valence-corrected chi connectivity index (χ2v) is 17.8. The number of likely N-dealkylation sites (N-methyl/N-ethyl adjacent to an activating group) is 2. The lowest BCUT2D eigenvalue weighted by atomic mass is 10.2. The van der Waals surface area contributed by atoms with Crippen LogP contribution in [0.3, 0.4) is 0 Å². The van der Waals surface area contributed by atoms with Crippen molar-refractivity contribution in [2.24, 2.45) is 0 Å². The van der Waals surface area contributed by atoms with Crippen LogP contribution in [-0.4, -0.2) is 147 Å². The van der Waals surface area contributed by atoms with Gasteiger partial charge in [-0.1, -0.05) is 50.2 Å². The summed E-state index contributed by atoms with van der Waals surface area (Å²) in [7, 11) is 4.29. The molecule has 16 heteroatoms. The summed E-state index contributed by atoms with van der Waals surface area (Å²) in [4.78, 5) is 28.6. The minimum absolute atomic E-state index is 0.352. The predicted molar refractivity (Wildman–Crippen MR) is 277 cm³/mol. The number of thiocarbonyl (C=S) groups is 1. The Morgan fingerprint density at radius 1 is 0.574 bits per heavy atom. The number of carbonyl (C=O) groups is 1. The van der Waals surface area contributed by atoms with Crippen LogP contribution >= 0.6 is 12.2 Å². The summed E-state index contributed by atoms with van der Waals surface area (Å²) in [6.45, 7) is 17.6. The van der Waals surface area contributed by atoms with Gasteiger partial charge >= 0.3 is 6.09 Å². The number of piperazine rings is 2. The van der Waals surface area contributed by atoms with Crippen LogP contribution in [0.1, 0.15) is 38.1 Å². The molecule has 15 nitrogen and oxygen atoms in total.